The summed E-state index contributed by atoms with van der Waals surface area (Å²) in [7, 11) is 0. The molecule has 10 heteroatoms. The molecule has 1 atom stereocenters. The minimum Gasteiger partial charge on any atom is -0.444 e. The van der Waals surface area contributed by atoms with Crippen molar-refractivity contribution in [2.45, 2.75) is 64.3 Å². The average molecular weight is 457 g/mol. The van der Waals surface area contributed by atoms with Crippen LogP contribution < -0.4 is 10.6 Å². The zero-order valence-corrected chi connectivity index (χ0v) is 18.6. The van der Waals surface area contributed by atoms with Gasteiger partial charge in [-0.1, -0.05) is 12.1 Å². The minimum absolute atomic E-state index is 0.0548. The van der Waals surface area contributed by atoms with Crippen LogP contribution in [0.3, 0.4) is 0 Å². The topological polar surface area (TPSA) is 87.7 Å². The SMILES string of the molecule is CC(C)(C)OC(=O)NCCCC(=O)NC(CN1CCCC1=O)c1cccc(C(F)(F)F)c1. The highest BCUT2D eigenvalue weighted by molar-refractivity contribution is 5.79. The maximum Gasteiger partial charge on any atom is 0.416 e. The van der Waals surface area contributed by atoms with Crippen LogP contribution in [0.5, 0.6) is 0 Å². The molecule has 7 nitrogen and oxygen atoms in total. The Morgan fingerprint density at radius 1 is 1.22 bits per heavy atom. The molecule has 1 saturated heterocycles. The zero-order chi connectivity index (χ0) is 23.9. The van der Waals surface area contributed by atoms with Crippen molar-refractivity contribution in [1.82, 2.24) is 15.5 Å². The first kappa shape index (κ1) is 25.5. The summed E-state index contributed by atoms with van der Waals surface area (Å²) in [6, 6.07) is 3.98. The lowest BCUT2D eigenvalue weighted by Gasteiger charge is -2.26. The highest BCUT2D eigenvalue weighted by Crippen LogP contribution is 2.31. The standard InChI is InChI=1S/C22H30F3N3O4/c1-21(2,3)32-20(31)26-11-5-9-18(29)27-17(14-28-12-6-10-19(28)30)15-7-4-8-16(13-15)22(23,24)25/h4,7-8,13,17H,5-6,9-12,14H2,1-3H3,(H,26,31)(H,27,29). The Morgan fingerprint density at radius 2 is 1.94 bits per heavy atom. The summed E-state index contributed by atoms with van der Waals surface area (Å²) in [4.78, 5) is 37.7. The number of nitrogens with one attached hydrogen (secondary N) is 2. The van der Waals surface area contributed by atoms with Crippen molar-refractivity contribution in [1.29, 1.82) is 0 Å². The lowest BCUT2D eigenvalue weighted by molar-refractivity contribution is -0.137. The van der Waals surface area contributed by atoms with Crippen LogP contribution in [0.25, 0.3) is 0 Å². The molecule has 2 rings (SSSR count). The van der Waals surface area contributed by atoms with Gasteiger partial charge in [-0.25, -0.2) is 4.79 Å². The van der Waals surface area contributed by atoms with E-state index in [0.29, 0.717) is 25.8 Å². The van der Waals surface area contributed by atoms with Crippen LogP contribution in [0, 0.1) is 0 Å². The van der Waals surface area contributed by atoms with Gasteiger partial charge in [0.1, 0.15) is 5.60 Å². The van der Waals surface area contributed by atoms with Crippen LogP contribution >= 0.6 is 0 Å². The number of rotatable bonds is 8. The molecule has 32 heavy (non-hydrogen) atoms. The third-order valence-corrected chi connectivity index (χ3v) is 4.77. The summed E-state index contributed by atoms with van der Waals surface area (Å²) in [6.07, 6.45) is -3.66. The van der Waals surface area contributed by atoms with E-state index in [0.717, 1.165) is 12.1 Å². The number of hydrogen-bond donors (Lipinski definition) is 2. The largest absolute Gasteiger partial charge is 0.444 e. The third-order valence-electron chi connectivity index (χ3n) is 4.77. The van der Waals surface area contributed by atoms with Crippen LogP contribution in [0.15, 0.2) is 24.3 Å². The van der Waals surface area contributed by atoms with Crippen molar-refractivity contribution in [3.05, 3.63) is 35.4 Å². The summed E-state index contributed by atoms with van der Waals surface area (Å²) in [6.45, 7) is 6.02. The zero-order valence-electron chi connectivity index (χ0n) is 18.6. The molecule has 0 aliphatic carbocycles. The van der Waals surface area contributed by atoms with E-state index < -0.39 is 29.5 Å². The van der Waals surface area contributed by atoms with Gasteiger partial charge < -0.3 is 20.3 Å². The predicted molar refractivity (Wildman–Crippen MR) is 112 cm³/mol. The number of amides is 3. The molecule has 1 aromatic rings. The molecule has 1 aliphatic heterocycles. The fraction of sp³-hybridized carbons (Fsp3) is 0.591. The van der Waals surface area contributed by atoms with Gasteiger partial charge in [0.25, 0.3) is 0 Å². The highest BCUT2D eigenvalue weighted by atomic mass is 19.4. The van der Waals surface area contributed by atoms with Crippen LogP contribution in [-0.4, -0.2) is 48.0 Å². The Kier molecular flexibility index (Phi) is 8.51. The number of benzene rings is 1. The number of carbonyl (C=O) groups excluding carboxylic acids is 3. The molecule has 1 fully saturated rings. The number of ether oxygens (including phenoxy) is 1. The van der Waals surface area contributed by atoms with Gasteiger partial charge in [-0.15, -0.1) is 0 Å². The molecule has 0 saturated carbocycles. The van der Waals surface area contributed by atoms with E-state index in [2.05, 4.69) is 10.6 Å². The summed E-state index contributed by atoms with van der Waals surface area (Å²) < 4.78 is 44.5. The van der Waals surface area contributed by atoms with Gasteiger partial charge in [0.15, 0.2) is 0 Å². The number of likely N-dealkylation sites (tertiary alicyclic amines) is 1. The quantitative estimate of drug-likeness (QED) is 0.582. The molecular weight excluding hydrogens is 427 g/mol. The van der Waals surface area contributed by atoms with Gasteiger partial charge in [-0.2, -0.15) is 13.2 Å². The monoisotopic (exact) mass is 457 g/mol. The van der Waals surface area contributed by atoms with E-state index >= 15 is 0 Å². The van der Waals surface area contributed by atoms with E-state index in [1.807, 2.05) is 0 Å². The molecule has 178 valence electrons. The van der Waals surface area contributed by atoms with E-state index in [-0.39, 0.29) is 36.9 Å². The molecule has 0 bridgehead atoms. The molecule has 3 amide bonds. The van der Waals surface area contributed by atoms with E-state index in [1.165, 1.54) is 12.1 Å². The molecule has 1 aliphatic rings. The lowest BCUT2D eigenvalue weighted by atomic mass is 10.0. The highest BCUT2D eigenvalue weighted by Gasteiger charge is 2.32. The van der Waals surface area contributed by atoms with E-state index in [1.54, 1.807) is 25.7 Å². The fourth-order valence-electron chi connectivity index (χ4n) is 3.30. The molecule has 1 unspecified atom stereocenters. The van der Waals surface area contributed by atoms with Crippen LogP contribution in [0.4, 0.5) is 18.0 Å². The van der Waals surface area contributed by atoms with Crippen LogP contribution in [-0.2, 0) is 20.5 Å². The molecule has 0 aromatic heterocycles. The number of alkyl halides is 3. The summed E-state index contributed by atoms with van der Waals surface area (Å²) in [5.41, 5.74) is -1.17. The minimum atomic E-state index is -4.51. The number of nitrogens with zero attached hydrogens (tertiary/aromatic N) is 1. The normalized spacial score (nSPS) is 15.4. The molecule has 1 aromatic carbocycles. The van der Waals surface area contributed by atoms with Crippen LogP contribution in [0.2, 0.25) is 0 Å². The van der Waals surface area contributed by atoms with Crippen LogP contribution in [0.1, 0.15) is 63.6 Å². The number of alkyl carbamates (subject to hydrolysis) is 1. The maximum atomic E-state index is 13.1. The predicted octanol–water partition coefficient (Wildman–Crippen LogP) is 3.79. The van der Waals surface area contributed by atoms with Crippen molar-refractivity contribution < 1.29 is 32.3 Å². The smallest absolute Gasteiger partial charge is 0.416 e. The molecule has 0 spiro atoms. The fourth-order valence-corrected chi connectivity index (χ4v) is 3.30. The Morgan fingerprint density at radius 3 is 2.53 bits per heavy atom. The lowest BCUT2D eigenvalue weighted by Crippen LogP contribution is -2.39. The second-order valence-electron chi connectivity index (χ2n) is 8.72. The summed E-state index contributed by atoms with van der Waals surface area (Å²) in [5.74, 6) is -0.470. The molecule has 1 heterocycles. The van der Waals surface area contributed by atoms with Gasteiger partial charge in [0, 0.05) is 32.5 Å². The van der Waals surface area contributed by atoms with Gasteiger partial charge in [-0.3, -0.25) is 9.59 Å². The Labute approximate surface area is 185 Å². The molecule has 0 radical (unpaired) electrons. The van der Waals surface area contributed by atoms with Gasteiger partial charge >= 0.3 is 12.3 Å². The molecular formula is C22H30F3N3O4. The van der Waals surface area contributed by atoms with Gasteiger partial charge in [0.2, 0.25) is 11.8 Å². The van der Waals surface area contributed by atoms with Crippen molar-refractivity contribution in [2.24, 2.45) is 0 Å². The summed E-state index contributed by atoms with van der Waals surface area (Å²) in [5, 5.41) is 5.29. The number of hydrogen-bond acceptors (Lipinski definition) is 4. The first-order valence-electron chi connectivity index (χ1n) is 10.6. The first-order chi connectivity index (χ1) is 14.8. The van der Waals surface area contributed by atoms with Crippen molar-refractivity contribution in [3.63, 3.8) is 0 Å². The Hall–Kier alpha value is -2.78. The summed E-state index contributed by atoms with van der Waals surface area (Å²) >= 11 is 0. The van der Waals surface area contributed by atoms with Gasteiger partial charge in [0.05, 0.1) is 11.6 Å². The van der Waals surface area contributed by atoms with Crippen molar-refractivity contribution >= 4 is 17.9 Å². The van der Waals surface area contributed by atoms with Gasteiger partial charge in [-0.05, 0) is 51.3 Å². The van der Waals surface area contributed by atoms with E-state index in [9.17, 15) is 27.6 Å². The maximum absolute atomic E-state index is 13.1. The number of carbonyl (C=O) groups is 3. The second-order valence-corrected chi connectivity index (χ2v) is 8.72. The first-order valence-corrected chi connectivity index (χ1v) is 10.6. The average Bonchev–Trinajstić information content (AvgIpc) is 3.07. The Bertz CT molecular complexity index is 821. The van der Waals surface area contributed by atoms with E-state index in [4.69, 9.17) is 4.74 Å². The molecule has 2 N–H and O–H groups in total. The second kappa shape index (κ2) is 10.7. The third kappa shape index (κ3) is 8.39. The van der Waals surface area contributed by atoms with Crippen molar-refractivity contribution in [2.75, 3.05) is 19.6 Å². The number of halogens is 3. The van der Waals surface area contributed by atoms with Crippen molar-refractivity contribution in [3.8, 4) is 0 Å². The Balaban J connectivity index is 1.98.